The van der Waals surface area contributed by atoms with Crippen molar-refractivity contribution >= 4 is 0 Å². The molecule has 0 aromatic heterocycles. The summed E-state index contributed by atoms with van der Waals surface area (Å²) in [6.07, 6.45) is 7.77. The van der Waals surface area contributed by atoms with Gasteiger partial charge in [-0.25, -0.2) is 0 Å². The zero-order valence-corrected chi connectivity index (χ0v) is 13.9. The third-order valence-corrected chi connectivity index (χ3v) is 4.46. The smallest absolute Gasteiger partial charge is 0.0384 e. The highest BCUT2D eigenvalue weighted by atomic mass is 15.2. The van der Waals surface area contributed by atoms with Crippen molar-refractivity contribution in [2.45, 2.75) is 32.2 Å². The summed E-state index contributed by atoms with van der Waals surface area (Å²) < 4.78 is 0. The molecule has 1 heteroatoms. The monoisotopic (exact) mass is 303 g/mol. The fourth-order valence-electron chi connectivity index (χ4n) is 3.24. The highest BCUT2D eigenvalue weighted by Crippen LogP contribution is 2.26. The molecule has 1 saturated heterocycles. The van der Waals surface area contributed by atoms with Gasteiger partial charge in [0.05, 0.1) is 0 Å². The molecule has 1 nitrogen and oxygen atoms in total. The first-order valence-corrected chi connectivity index (χ1v) is 8.49. The maximum Gasteiger partial charge on any atom is 0.0384 e. The van der Waals surface area contributed by atoms with E-state index in [0.29, 0.717) is 6.04 Å². The van der Waals surface area contributed by atoms with Crippen LogP contribution in [0.5, 0.6) is 0 Å². The summed E-state index contributed by atoms with van der Waals surface area (Å²) in [5, 5.41) is 0. The normalized spacial score (nSPS) is 18.0. The Morgan fingerprint density at radius 1 is 1.04 bits per heavy atom. The summed E-state index contributed by atoms with van der Waals surface area (Å²) in [6, 6.07) is 20.1. The number of hydrogen-bond donors (Lipinski definition) is 0. The molecule has 1 atom stereocenters. The standard InChI is InChI=1S/C22H25N/c1-3-4-14-23-17-18(2)15-22(23)16-19-10-12-21(13-11-19)20-8-6-5-7-9-20/h4-14,22H,2-3,15-17H2,1H3/b14-4+/t22-/m0/s1. The molecule has 1 fully saturated rings. The molecule has 0 bridgehead atoms. The molecule has 1 heterocycles. The number of nitrogens with zero attached hydrogens (tertiary/aromatic N) is 1. The van der Waals surface area contributed by atoms with Crippen molar-refractivity contribution in [3.63, 3.8) is 0 Å². The van der Waals surface area contributed by atoms with Crippen molar-refractivity contribution < 1.29 is 0 Å². The molecule has 3 rings (SSSR count). The molecule has 23 heavy (non-hydrogen) atoms. The molecule has 1 aliphatic rings. The number of likely N-dealkylation sites (tertiary alicyclic amines) is 1. The number of hydrogen-bond acceptors (Lipinski definition) is 1. The molecule has 0 unspecified atom stereocenters. The van der Waals surface area contributed by atoms with Gasteiger partial charge in [0.15, 0.2) is 0 Å². The fourth-order valence-corrected chi connectivity index (χ4v) is 3.24. The molecule has 2 aromatic rings. The van der Waals surface area contributed by atoms with E-state index >= 15 is 0 Å². The lowest BCUT2D eigenvalue weighted by Crippen LogP contribution is -2.26. The maximum atomic E-state index is 4.18. The van der Waals surface area contributed by atoms with Crippen LogP contribution in [0.15, 0.2) is 79.0 Å². The van der Waals surface area contributed by atoms with Gasteiger partial charge in [0.2, 0.25) is 0 Å². The fraction of sp³-hybridized carbons (Fsp3) is 0.273. The second-order valence-electron chi connectivity index (χ2n) is 6.34. The summed E-state index contributed by atoms with van der Waals surface area (Å²) in [7, 11) is 0. The van der Waals surface area contributed by atoms with Crippen molar-refractivity contribution in [3.05, 3.63) is 84.6 Å². The van der Waals surface area contributed by atoms with Gasteiger partial charge in [-0.1, -0.05) is 79.7 Å². The zero-order valence-electron chi connectivity index (χ0n) is 13.9. The van der Waals surface area contributed by atoms with Gasteiger partial charge in [0, 0.05) is 12.6 Å². The van der Waals surface area contributed by atoms with Gasteiger partial charge in [-0.2, -0.15) is 0 Å². The van der Waals surface area contributed by atoms with Crippen LogP contribution in [0.3, 0.4) is 0 Å². The highest BCUT2D eigenvalue weighted by molar-refractivity contribution is 5.63. The Kier molecular flexibility index (Phi) is 4.97. The van der Waals surface area contributed by atoms with E-state index in [9.17, 15) is 0 Å². The Labute approximate surface area is 140 Å². The lowest BCUT2D eigenvalue weighted by atomic mass is 9.99. The molecular formula is C22H25N. The predicted molar refractivity (Wildman–Crippen MR) is 99.3 cm³/mol. The second-order valence-corrected chi connectivity index (χ2v) is 6.34. The van der Waals surface area contributed by atoms with E-state index < -0.39 is 0 Å². The summed E-state index contributed by atoms with van der Waals surface area (Å²) in [6.45, 7) is 7.37. The minimum absolute atomic E-state index is 0.549. The third-order valence-electron chi connectivity index (χ3n) is 4.46. The summed E-state index contributed by atoms with van der Waals surface area (Å²) >= 11 is 0. The Morgan fingerprint density at radius 2 is 1.74 bits per heavy atom. The molecule has 1 aliphatic heterocycles. The predicted octanol–water partition coefficient (Wildman–Crippen LogP) is 5.45. The highest BCUT2D eigenvalue weighted by Gasteiger charge is 2.24. The van der Waals surface area contributed by atoms with E-state index in [0.717, 1.165) is 25.8 Å². The first-order chi connectivity index (χ1) is 11.3. The first-order valence-electron chi connectivity index (χ1n) is 8.49. The largest absolute Gasteiger partial charge is 0.370 e. The zero-order chi connectivity index (χ0) is 16.1. The number of benzene rings is 2. The molecule has 0 saturated carbocycles. The Bertz CT molecular complexity index is 667. The van der Waals surface area contributed by atoms with Crippen LogP contribution in [0.2, 0.25) is 0 Å². The van der Waals surface area contributed by atoms with Gasteiger partial charge < -0.3 is 4.90 Å². The minimum Gasteiger partial charge on any atom is -0.370 e. The molecule has 0 N–H and O–H groups in total. The van der Waals surface area contributed by atoms with Crippen LogP contribution in [0.4, 0.5) is 0 Å². The van der Waals surface area contributed by atoms with E-state index in [4.69, 9.17) is 0 Å². The SMILES string of the molecule is C=C1C[C@@H](Cc2ccc(-c3ccccc3)cc2)N(/C=C/CC)C1. The van der Waals surface area contributed by atoms with E-state index in [1.54, 1.807) is 0 Å². The summed E-state index contributed by atoms with van der Waals surface area (Å²) in [5.41, 5.74) is 5.31. The first kappa shape index (κ1) is 15.6. The van der Waals surface area contributed by atoms with E-state index in [-0.39, 0.29) is 0 Å². The molecular weight excluding hydrogens is 278 g/mol. The van der Waals surface area contributed by atoms with Crippen LogP contribution in [0.25, 0.3) is 11.1 Å². The average molecular weight is 303 g/mol. The van der Waals surface area contributed by atoms with E-state index in [2.05, 4.69) is 85.3 Å². The van der Waals surface area contributed by atoms with Crippen LogP contribution < -0.4 is 0 Å². The van der Waals surface area contributed by atoms with Crippen molar-refractivity contribution in [2.24, 2.45) is 0 Å². The molecule has 118 valence electrons. The minimum atomic E-state index is 0.549. The topological polar surface area (TPSA) is 3.24 Å². The quantitative estimate of drug-likeness (QED) is 0.664. The van der Waals surface area contributed by atoms with Crippen LogP contribution in [0.1, 0.15) is 25.3 Å². The van der Waals surface area contributed by atoms with E-state index in [1.165, 1.54) is 22.3 Å². The lowest BCUT2D eigenvalue weighted by Gasteiger charge is -2.22. The van der Waals surface area contributed by atoms with Gasteiger partial charge in [-0.05, 0) is 42.2 Å². The van der Waals surface area contributed by atoms with Crippen molar-refractivity contribution in [1.29, 1.82) is 0 Å². The maximum absolute atomic E-state index is 4.18. The molecule has 0 radical (unpaired) electrons. The van der Waals surface area contributed by atoms with Crippen molar-refractivity contribution in [3.8, 4) is 11.1 Å². The van der Waals surface area contributed by atoms with Crippen LogP contribution >= 0.6 is 0 Å². The molecule has 0 spiro atoms. The molecule has 2 aromatic carbocycles. The molecule has 0 aliphatic carbocycles. The summed E-state index contributed by atoms with van der Waals surface area (Å²) in [5.74, 6) is 0. The van der Waals surface area contributed by atoms with Gasteiger partial charge in [-0.3, -0.25) is 0 Å². The third kappa shape index (κ3) is 3.92. The second kappa shape index (κ2) is 7.32. The average Bonchev–Trinajstić information content (AvgIpc) is 2.94. The lowest BCUT2D eigenvalue weighted by molar-refractivity contribution is 0.347. The Balaban J connectivity index is 1.70. The Morgan fingerprint density at radius 3 is 2.43 bits per heavy atom. The van der Waals surface area contributed by atoms with Crippen LogP contribution in [-0.2, 0) is 6.42 Å². The Hall–Kier alpha value is -2.28. The van der Waals surface area contributed by atoms with Gasteiger partial charge in [0.25, 0.3) is 0 Å². The van der Waals surface area contributed by atoms with E-state index in [1.807, 2.05) is 0 Å². The number of rotatable bonds is 5. The number of allylic oxidation sites excluding steroid dienone is 1. The van der Waals surface area contributed by atoms with Crippen LogP contribution in [-0.4, -0.2) is 17.5 Å². The van der Waals surface area contributed by atoms with Crippen molar-refractivity contribution in [1.82, 2.24) is 4.90 Å². The van der Waals surface area contributed by atoms with Gasteiger partial charge in [0.1, 0.15) is 0 Å². The van der Waals surface area contributed by atoms with Gasteiger partial charge >= 0.3 is 0 Å². The van der Waals surface area contributed by atoms with Gasteiger partial charge in [-0.15, -0.1) is 0 Å². The molecule has 0 amide bonds. The summed E-state index contributed by atoms with van der Waals surface area (Å²) in [4.78, 5) is 2.44. The van der Waals surface area contributed by atoms with Crippen LogP contribution in [0, 0.1) is 0 Å². The van der Waals surface area contributed by atoms with Crippen molar-refractivity contribution in [2.75, 3.05) is 6.54 Å².